The molecular formula is C16H23N3O. The molecule has 20 heavy (non-hydrogen) atoms. The van der Waals surface area contributed by atoms with Crippen LogP contribution in [0.1, 0.15) is 35.2 Å². The minimum absolute atomic E-state index is 0.162. The van der Waals surface area contributed by atoms with Gasteiger partial charge in [-0.15, -0.1) is 0 Å². The number of nitrogens with zero attached hydrogens (tertiary/aromatic N) is 2. The molecule has 1 aromatic carbocycles. The summed E-state index contributed by atoms with van der Waals surface area (Å²) in [5, 5.41) is 0. The van der Waals surface area contributed by atoms with Gasteiger partial charge >= 0.3 is 0 Å². The van der Waals surface area contributed by atoms with E-state index in [-0.39, 0.29) is 5.91 Å². The van der Waals surface area contributed by atoms with Crippen molar-refractivity contribution < 1.29 is 4.79 Å². The first-order valence-electron chi connectivity index (χ1n) is 7.60. The van der Waals surface area contributed by atoms with Crippen molar-refractivity contribution >= 4 is 5.91 Å². The third kappa shape index (κ3) is 2.72. The van der Waals surface area contributed by atoms with Crippen molar-refractivity contribution in [3.8, 4) is 0 Å². The van der Waals surface area contributed by atoms with Gasteiger partial charge in [0.2, 0.25) is 0 Å². The zero-order valence-electron chi connectivity index (χ0n) is 11.9. The summed E-state index contributed by atoms with van der Waals surface area (Å²) in [5.74, 6) is 0.162. The normalized spacial score (nSPS) is 23.4. The maximum Gasteiger partial charge on any atom is 0.253 e. The maximum absolute atomic E-state index is 12.5. The molecule has 2 aliphatic heterocycles. The molecule has 4 heteroatoms. The minimum atomic E-state index is 0.162. The van der Waals surface area contributed by atoms with E-state index in [1.165, 1.54) is 25.9 Å². The molecule has 2 N–H and O–H groups in total. The molecule has 0 bridgehead atoms. The van der Waals surface area contributed by atoms with Gasteiger partial charge in [-0.25, -0.2) is 0 Å². The Morgan fingerprint density at radius 1 is 1.15 bits per heavy atom. The first kappa shape index (κ1) is 13.6. The Labute approximate surface area is 120 Å². The van der Waals surface area contributed by atoms with Crippen molar-refractivity contribution in [3.63, 3.8) is 0 Å². The molecule has 1 aromatic rings. The highest BCUT2D eigenvalue weighted by Crippen LogP contribution is 2.21. The summed E-state index contributed by atoms with van der Waals surface area (Å²) in [6.07, 6.45) is 3.74. The number of hydrogen-bond donors (Lipinski definition) is 1. The van der Waals surface area contributed by atoms with E-state index in [1.54, 1.807) is 0 Å². The second-order valence-electron chi connectivity index (χ2n) is 5.84. The average molecular weight is 273 g/mol. The third-order valence-electron chi connectivity index (χ3n) is 4.54. The van der Waals surface area contributed by atoms with E-state index >= 15 is 0 Å². The van der Waals surface area contributed by atoms with Crippen LogP contribution in [0.25, 0.3) is 0 Å². The van der Waals surface area contributed by atoms with Crippen molar-refractivity contribution in [1.29, 1.82) is 0 Å². The molecule has 3 rings (SSSR count). The van der Waals surface area contributed by atoms with Crippen molar-refractivity contribution in [2.24, 2.45) is 5.73 Å². The molecule has 1 amide bonds. The first-order chi connectivity index (χ1) is 9.78. The number of nitrogens with two attached hydrogens (primary N) is 1. The minimum Gasteiger partial charge on any atom is -0.337 e. The molecule has 2 fully saturated rings. The lowest BCUT2D eigenvalue weighted by molar-refractivity contribution is 0.0780. The molecule has 0 aromatic heterocycles. The number of carbonyl (C=O) groups excluding carboxylic acids is 1. The highest BCUT2D eigenvalue weighted by Gasteiger charge is 2.31. The van der Waals surface area contributed by atoms with Gasteiger partial charge in [0.15, 0.2) is 0 Å². The topological polar surface area (TPSA) is 49.6 Å². The van der Waals surface area contributed by atoms with E-state index < -0.39 is 0 Å². The van der Waals surface area contributed by atoms with Gasteiger partial charge in [0.05, 0.1) is 0 Å². The van der Waals surface area contributed by atoms with Crippen LogP contribution in [-0.2, 0) is 6.54 Å². The average Bonchev–Trinajstić information content (AvgIpc) is 3.17. The Balaban J connectivity index is 1.62. The summed E-state index contributed by atoms with van der Waals surface area (Å²) >= 11 is 0. The lowest BCUT2D eigenvalue weighted by atomic mass is 10.1. The zero-order valence-corrected chi connectivity index (χ0v) is 11.9. The van der Waals surface area contributed by atoms with Crippen LogP contribution in [0.4, 0.5) is 0 Å². The van der Waals surface area contributed by atoms with Crippen molar-refractivity contribution in [2.75, 3.05) is 26.2 Å². The summed E-state index contributed by atoms with van der Waals surface area (Å²) in [7, 11) is 0. The van der Waals surface area contributed by atoms with Crippen LogP contribution in [0.15, 0.2) is 24.3 Å². The van der Waals surface area contributed by atoms with Gasteiger partial charge in [-0.05, 0) is 50.0 Å². The van der Waals surface area contributed by atoms with Crippen LogP contribution < -0.4 is 5.73 Å². The molecule has 0 spiro atoms. The third-order valence-corrected chi connectivity index (χ3v) is 4.54. The van der Waals surface area contributed by atoms with Gasteiger partial charge < -0.3 is 10.6 Å². The Kier molecular flexibility index (Phi) is 4.03. The fourth-order valence-corrected chi connectivity index (χ4v) is 3.30. The Bertz CT molecular complexity index is 465. The smallest absolute Gasteiger partial charge is 0.253 e. The van der Waals surface area contributed by atoms with Crippen LogP contribution in [0, 0.1) is 0 Å². The van der Waals surface area contributed by atoms with Crippen LogP contribution in [0.3, 0.4) is 0 Å². The molecule has 0 saturated carbocycles. The second kappa shape index (κ2) is 5.94. The fourth-order valence-electron chi connectivity index (χ4n) is 3.30. The van der Waals surface area contributed by atoms with Crippen LogP contribution in [-0.4, -0.2) is 47.9 Å². The molecule has 2 aliphatic rings. The number of rotatable bonds is 3. The Morgan fingerprint density at radius 2 is 1.85 bits per heavy atom. The lowest BCUT2D eigenvalue weighted by Crippen LogP contribution is -2.37. The van der Waals surface area contributed by atoms with E-state index in [4.69, 9.17) is 5.73 Å². The summed E-state index contributed by atoms with van der Waals surface area (Å²) < 4.78 is 0. The van der Waals surface area contributed by atoms with Gasteiger partial charge in [-0.2, -0.15) is 0 Å². The predicted molar refractivity (Wildman–Crippen MR) is 79.4 cm³/mol. The van der Waals surface area contributed by atoms with E-state index in [0.29, 0.717) is 12.6 Å². The first-order valence-corrected chi connectivity index (χ1v) is 7.60. The van der Waals surface area contributed by atoms with E-state index in [1.807, 2.05) is 29.2 Å². The standard InChI is InChI=1S/C16H23N3O/c17-11-13-3-5-14(6-4-13)16(20)19-10-7-15(12-19)18-8-1-2-9-18/h3-6,15H,1-2,7-12,17H2. The Hall–Kier alpha value is -1.39. The molecule has 2 heterocycles. The molecule has 1 atom stereocenters. The number of likely N-dealkylation sites (tertiary alicyclic amines) is 2. The second-order valence-corrected chi connectivity index (χ2v) is 5.84. The summed E-state index contributed by atoms with van der Waals surface area (Å²) in [5.41, 5.74) is 7.43. The maximum atomic E-state index is 12.5. The molecule has 4 nitrogen and oxygen atoms in total. The summed E-state index contributed by atoms with van der Waals surface area (Å²) in [6.45, 7) is 4.71. The van der Waals surface area contributed by atoms with Gasteiger partial charge in [0.25, 0.3) is 5.91 Å². The summed E-state index contributed by atoms with van der Waals surface area (Å²) in [4.78, 5) is 17.0. The predicted octanol–water partition coefficient (Wildman–Crippen LogP) is 1.46. The van der Waals surface area contributed by atoms with Gasteiger partial charge in [-0.3, -0.25) is 9.69 Å². The highest BCUT2D eigenvalue weighted by molar-refractivity contribution is 5.94. The van der Waals surface area contributed by atoms with E-state index in [2.05, 4.69) is 4.90 Å². The zero-order chi connectivity index (χ0) is 13.9. The largest absolute Gasteiger partial charge is 0.337 e. The molecular weight excluding hydrogens is 250 g/mol. The number of hydrogen-bond acceptors (Lipinski definition) is 3. The molecule has 1 unspecified atom stereocenters. The number of amides is 1. The van der Waals surface area contributed by atoms with Crippen LogP contribution >= 0.6 is 0 Å². The monoisotopic (exact) mass is 273 g/mol. The van der Waals surface area contributed by atoms with Crippen molar-refractivity contribution in [1.82, 2.24) is 9.80 Å². The van der Waals surface area contributed by atoms with E-state index in [0.717, 1.165) is 30.6 Å². The van der Waals surface area contributed by atoms with Crippen LogP contribution in [0.2, 0.25) is 0 Å². The number of carbonyl (C=O) groups is 1. The quantitative estimate of drug-likeness (QED) is 0.907. The lowest BCUT2D eigenvalue weighted by Gasteiger charge is -2.23. The van der Waals surface area contributed by atoms with Crippen molar-refractivity contribution in [2.45, 2.75) is 31.8 Å². The van der Waals surface area contributed by atoms with Crippen LogP contribution in [0.5, 0.6) is 0 Å². The van der Waals surface area contributed by atoms with Gasteiger partial charge in [0, 0.05) is 31.2 Å². The highest BCUT2D eigenvalue weighted by atomic mass is 16.2. The molecule has 0 aliphatic carbocycles. The Morgan fingerprint density at radius 3 is 2.50 bits per heavy atom. The van der Waals surface area contributed by atoms with Gasteiger partial charge in [0.1, 0.15) is 0 Å². The summed E-state index contributed by atoms with van der Waals surface area (Å²) in [6, 6.07) is 8.26. The number of benzene rings is 1. The van der Waals surface area contributed by atoms with E-state index in [9.17, 15) is 4.79 Å². The SMILES string of the molecule is NCc1ccc(C(=O)N2CCC(N3CCCC3)C2)cc1. The molecule has 108 valence electrons. The fraction of sp³-hybridized carbons (Fsp3) is 0.562. The molecule has 0 radical (unpaired) electrons. The van der Waals surface area contributed by atoms with Gasteiger partial charge in [-0.1, -0.05) is 12.1 Å². The van der Waals surface area contributed by atoms with Crippen molar-refractivity contribution in [3.05, 3.63) is 35.4 Å². The molecule has 2 saturated heterocycles.